The molecule has 3 aliphatic heterocycles. The average Bonchev–Trinajstić information content (AvgIpc) is 3.08. The van der Waals surface area contributed by atoms with Crippen LogP contribution in [-0.4, -0.2) is 78.5 Å². The molecule has 3 aliphatic rings. The fourth-order valence-corrected chi connectivity index (χ4v) is 4.69. The maximum absolute atomic E-state index is 10.8. The van der Waals surface area contributed by atoms with Crippen molar-refractivity contribution in [2.75, 3.05) is 26.3 Å². The maximum atomic E-state index is 10.8. The standard InChI is InChI=1S/C22H41NO6/c1-6-8-9-10-11-13-26-20(23-12-14-25-17(7-2)15-23)22-19(18(24)16(3)27-22)28-21(4,5)29-22/h16-20,24H,6-15H2,1-5H3/t16-,17?,18+,19-,20?,22+/m0/s1. The third-order valence-electron chi connectivity index (χ3n) is 6.20. The van der Waals surface area contributed by atoms with E-state index >= 15 is 0 Å². The molecule has 0 aromatic heterocycles. The molecule has 3 heterocycles. The van der Waals surface area contributed by atoms with E-state index in [-0.39, 0.29) is 12.2 Å². The molecule has 0 saturated carbocycles. The van der Waals surface area contributed by atoms with Crippen molar-refractivity contribution < 1.29 is 28.8 Å². The minimum absolute atomic E-state index is 0.160. The van der Waals surface area contributed by atoms with Crippen molar-refractivity contribution in [1.29, 1.82) is 0 Å². The van der Waals surface area contributed by atoms with E-state index in [0.717, 1.165) is 32.4 Å². The van der Waals surface area contributed by atoms with Crippen molar-refractivity contribution in [3.63, 3.8) is 0 Å². The molecular weight excluding hydrogens is 374 g/mol. The quantitative estimate of drug-likeness (QED) is 0.550. The lowest BCUT2D eigenvalue weighted by atomic mass is 10.0. The Morgan fingerprint density at radius 2 is 1.90 bits per heavy atom. The summed E-state index contributed by atoms with van der Waals surface area (Å²) < 4.78 is 31.1. The van der Waals surface area contributed by atoms with Crippen LogP contribution in [0.1, 0.15) is 73.1 Å². The van der Waals surface area contributed by atoms with Gasteiger partial charge in [0.15, 0.2) is 12.0 Å². The summed E-state index contributed by atoms with van der Waals surface area (Å²) in [4.78, 5) is 2.26. The molecule has 0 radical (unpaired) electrons. The van der Waals surface area contributed by atoms with Crippen molar-refractivity contribution in [3.8, 4) is 0 Å². The number of morpholine rings is 1. The van der Waals surface area contributed by atoms with Crippen LogP contribution in [0.15, 0.2) is 0 Å². The summed E-state index contributed by atoms with van der Waals surface area (Å²) in [5.74, 6) is -1.98. The molecule has 7 nitrogen and oxygen atoms in total. The van der Waals surface area contributed by atoms with Crippen LogP contribution in [-0.2, 0) is 23.7 Å². The number of hydrogen-bond acceptors (Lipinski definition) is 7. The predicted molar refractivity (Wildman–Crippen MR) is 109 cm³/mol. The number of hydrogen-bond donors (Lipinski definition) is 1. The fraction of sp³-hybridized carbons (Fsp3) is 1.00. The first kappa shape index (κ1) is 23.4. The summed E-state index contributed by atoms with van der Waals surface area (Å²) >= 11 is 0. The Kier molecular flexibility index (Phi) is 7.98. The number of ether oxygens (including phenoxy) is 5. The van der Waals surface area contributed by atoms with Crippen LogP contribution < -0.4 is 0 Å². The largest absolute Gasteiger partial charge is 0.387 e. The van der Waals surface area contributed by atoms with Crippen molar-refractivity contribution in [2.45, 2.75) is 115 Å². The molecule has 0 amide bonds. The molecule has 0 aromatic rings. The van der Waals surface area contributed by atoms with E-state index in [9.17, 15) is 5.11 Å². The topological polar surface area (TPSA) is 69.6 Å². The minimum Gasteiger partial charge on any atom is -0.387 e. The smallest absolute Gasteiger partial charge is 0.241 e. The third kappa shape index (κ3) is 5.14. The van der Waals surface area contributed by atoms with Crippen LogP contribution in [0.2, 0.25) is 0 Å². The van der Waals surface area contributed by atoms with Gasteiger partial charge in [0.25, 0.3) is 0 Å². The Morgan fingerprint density at radius 1 is 1.14 bits per heavy atom. The molecule has 1 N–H and O–H groups in total. The third-order valence-corrected chi connectivity index (χ3v) is 6.20. The second-order valence-corrected chi connectivity index (χ2v) is 9.11. The minimum atomic E-state index is -1.14. The Hall–Kier alpha value is -0.280. The number of fused-ring (bicyclic) bond motifs is 1. The first-order valence-corrected chi connectivity index (χ1v) is 11.5. The molecule has 3 rings (SSSR count). The van der Waals surface area contributed by atoms with E-state index < -0.39 is 30.0 Å². The van der Waals surface area contributed by atoms with Gasteiger partial charge in [0.1, 0.15) is 12.2 Å². The zero-order valence-electron chi connectivity index (χ0n) is 18.9. The normalized spacial score (nSPS) is 38.3. The summed E-state index contributed by atoms with van der Waals surface area (Å²) in [6.45, 7) is 12.7. The van der Waals surface area contributed by atoms with E-state index in [1.807, 2.05) is 20.8 Å². The van der Waals surface area contributed by atoms with Gasteiger partial charge < -0.3 is 28.8 Å². The van der Waals surface area contributed by atoms with E-state index in [4.69, 9.17) is 23.7 Å². The van der Waals surface area contributed by atoms with Crippen LogP contribution in [0.4, 0.5) is 0 Å². The van der Waals surface area contributed by atoms with Gasteiger partial charge in [-0.05, 0) is 33.6 Å². The SMILES string of the molecule is CCCCCCCOC(N1CCOC(CC)C1)[C@@]12O[C@@H](C)[C@@H](O)[C@@H]1OC(C)(C)O2. The van der Waals surface area contributed by atoms with E-state index in [1.165, 1.54) is 19.3 Å². The number of rotatable bonds is 10. The van der Waals surface area contributed by atoms with Gasteiger partial charge in [-0.1, -0.05) is 39.5 Å². The average molecular weight is 416 g/mol. The molecule has 0 aromatic carbocycles. The van der Waals surface area contributed by atoms with Gasteiger partial charge in [-0.25, -0.2) is 0 Å². The molecule has 29 heavy (non-hydrogen) atoms. The summed E-state index contributed by atoms with van der Waals surface area (Å²) in [5.41, 5.74) is 0. The van der Waals surface area contributed by atoms with E-state index in [0.29, 0.717) is 13.2 Å². The molecule has 170 valence electrons. The van der Waals surface area contributed by atoms with Gasteiger partial charge in [-0.2, -0.15) is 0 Å². The van der Waals surface area contributed by atoms with E-state index in [1.54, 1.807) is 0 Å². The van der Waals surface area contributed by atoms with E-state index in [2.05, 4.69) is 18.7 Å². The zero-order chi connectivity index (χ0) is 21.1. The van der Waals surface area contributed by atoms with Crippen molar-refractivity contribution in [1.82, 2.24) is 4.90 Å². The number of aliphatic hydroxyl groups excluding tert-OH is 1. The highest BCUT2D eigenvalue weighted by atomic mass is 16.9. The highest BCUT2D eigenvalue weighted by Crippen LogP contribution is 2.49. The number of aliphatic hydroxyl groups is 1. The van der Waals surface area contributed by atoms with Gasteiger partial charge >= 0.3 is 0 Å². The van der Waals surface area contributed by atoms with Gasteiger partial charge in [-0.3, -0.25) is 4.90 Å². The molecule has 7 heteroatoms. The zero-order valence-corrected chi connectivity index (χ0v) is 18.9. The summed E-state index contributed by atoms with van der Waals surface area (Å²) in [6.07, 6.45) is 4.81. The Labute approximate surface area is 176 Å². The molecule has 3 saturated heterocycles. The van der Waals surface area contributed by atoms with Crippen molar-refractivity contribution in [3.05, 3.63) is 0 Å². The molecule has 0 spiro atoms. The molecular formula is C22H41NO6. The van der Waals surface area contributed by atoms with Gasteiger partial charge in [-0.15, -0.1) is 0 Å². The van der Waals surface area contributed by atoms with Gasteiger partial charge in [0.05, 0.1) is 18.8 Å². The molecule has 2 unspecified atom stereocenters. The van der Waals surface area contributed by atoms with Crippen LogP contribution in [0.3, 0.4) is 0 Å². The van der Waals surface area contributed by atoms with Crippen molar-refractivity contribution >= 4 is 0 Å². The Bertz CT molecular complexity index is 518. The van der Waals surface area contributed by atoms with Gasteiger partial charge in [0, 0.05) is 19.7 Å². The fourth-order valence-electron chi connectivity index (χ4n) is 4.69. The summed E-state index contributed by atoms with van der Waals surface area (Å²) in [6, 6.07) is 0. The lowest BCUT2D eigenvalue weighted by molar-refractivity contribution is -0.329. The van der Waals surface area contributed by atoms with Crippen LogP contribution in [0.5, 0.6) is 0 Å². The Balaban J connectivity index is 1.77. The van der Waals surface area contributed by atoms with Crippen molar-refractivity contribution in [2.24, 2.45) is 0 Å². The lowest BCUT2D eigenvalue weighted by Crippen LogP contribution is -2.62. The van der Waals surface area contributed by atoms with Crippen LogP contribution in [0.25, 0.3) is 0 Å². The number of unbranched alkanes of at least 4 members (excludes halogenated alkanes) is 4. The number of nitrogens with zero attached hydrogens (tertiary/aromatic N) is 1. The summed E-state index contributed by atoms with van der Waals surface area (Å²) in [7, 11) is 0. The summed E-state index contributed by atoms with van der Waals surface area (Å²) in [5, 5.41) is 10.8. The lowest BCUT2D eigenvalue weighted by Gasteiger charge is -2.44. The van der Waals surface area contributed by atoms with Crippen LogP contribution >= 0.6 is 0 Å². The highest BCUT2D eigenvalue weighted by molar-refractivity contribution is 5.05. The predicted octanol–water partition coefficient (Wildman–Crippen LogP) is 3.04. The first-order chi connectivity index (χ1) is 13.8. The second-order valence-electron chi connectivity index (χ2n) is 9.11. The monoisotopic (exact) mass is 415 g/mol. The first-order valence-electron chi connectivity index (χ1n) is 11.5. The maximum Gasteiger partial charge on any atom is 0.241 e. The van der Waals surface area contributed by atoms with Gasteiger partial charge in [0.2, 0.25) is 5.79 Å². The molecule has 0 bridgehead atoms. The Morgan fingerprint density at radius 3 is 2.62 bits per heavy atom. The van der Waals surface area contributed by atoms with Crippen LogP contribution in [0, 0.1) is 0 Å². The highest BCUT2D eigenvalue weighted by Gasteiger charge is 2.68. The second kappa shape index (κ2) is 9.90. The molecule has 6 atom stereocenters. The molecule has 3 fully saturated rings. The molecule has 0 aliphatic carbocycles.